The summed E-state index contributed by atoms with van der Waals surface area (Å²) in [4.78, 5) is 4.52. The van der Waals surface area contributed by atoms with E-state index in [1.807, 2.05) is 18.2 Å². The first-order valence-corrected chi connectivity index (χ1v) is 4.82. The van der Waals surface area contributed by atoms with Crippen molar-refractivity contribution >= 4 is 19.0 Å². The molecule has 4 heteroatoms. The number of nitriles is 1. The molecule has 1 aromatic rings. The third kappa shape index (κ3) is 3.49. The first-order valence-electron chi connectivity index (χ1n) is 4.37. The number of nitrogens with zero attached hydrogens (tertiary/aromatic N) is 2. The van der Waals surface area contributed by atoms with Crippen LogP contribution in [0.3, 0.4) is 0 Å². The summed E-state index contributed by atoms with van der Waals surface area (Å²) >= 11 is 4.24. The Morgan fingerprint density at radius 2 is 2.27 bits per heavy atom. The van der Waals surface area contributed by atoms with Gasteiger partial charge in [0.1, 0.15) is 0 Å². The van der Waals surface area contributed by atoms with Gasteiger partial charge < -0.3 is 5.73 Å². The van der Waals surface area contributed by atoms with Crippen molar-refractivity contribution in [1.82, 2.24) is 0 Å². The van der Waals surface area contributed by atoms with Crippen molar-refractivity contribution in [1.29, 1.82) is 5.26 Å². The van der Waals surface area contributed by atoms with E-state index in [2.05, 4.69) is 23.7 Å². The van der Waals surface area contributed by atoms with Gasteiger partial charge in [0, 0.05) is 17.5 Å². The van der Waals surface area contributed by atoms with Crippen molar-refractivity contribution in [3.63, 3.8) is 0 Å². The van der Waals surface area contributed by atoms with E-state index in [9.17, 15) is 0 Å². The van der Waals surface area contributed by atoms with Crippen molar-refractivity contribution in [2.75, 3.05) is 0 Å². The average molecular weight is 217 g/mol. The lowest BCUT2D eigenvalue weighted by molar-refractivity contribution is 1.22. The molecule has 0 amide bonds. The zero-order valence-electron chi connectivity index (χ0n) is 8.09. The molecule has 0 saturated carbocycles. The Balaban J connectivity index is 2.86. The fraction of sp³-hybridized carbons (Fsp3) is 0.0909. The van der Waals surface area contributed by atoms with Crippen molar-refractivity contribution in [3.8, 4) is 6.07 Å². The molecule has 0 unspecified atom stereocenters. The van der Waals surface area contributed by atoms with Crippen LogP contribution in [-0.2, 0) is 6.42 Å². The summed E-state index contributed by atoms with van der Waals surface area (Å²) in [5.74, 6) is 0. The Morgan fingerprint density at radius 1 is 1.53 bits per heavy atom. The van der Waals surface area contributed by atoms with Gasteiger partial charge in [0.05, 0.1) is 18.0 Å². The van der Waals surface area contributed by atoms with Gasteiger partial charge in [-0.15, -0.1) is 12.6 Å². The summed E-state index contributed by atoms with van der Waals surface area (Å²) in [6.45, 7) is 0. The van der Waals surface area contributed by atoms with E-state index in [1.54, 1.807) is 12.3 Å². The number of hydrogen-bond acceptors (Lipinski definition) is 3. The lowest BCUT2D eigenvalue weighted by Gasteiger charge is -2.01. The number of aliphatic imine (C=N–C) groups is 1. The van der Waals surface area contributed by atoms with Crippen molar-refractivity contribution in [3.05, 3.63) is 46.5 Å². The van der Waals surface area contributed by atoms with E-state index in [-0.39, 0.29) is 0 Å². The maximum Gasteiger partial charge on any atom is 0.0994 e. The van der Waals surface area contributed by atoms with Crippen LogP contribution >= 0.6 is 12.6 Å². The molecule has 0 fully saturated rings. The van der Waals surface area contributed by atoms with Gasteiger partial charge in [-0.05, 0) is 11.6 Å². The fourth-order valence-corrected chi connectivity index (χ4v) is 1.39. The predicted octanol–water partition coefficient (Wildman–Crippen LogP) is 1.86. The molecular weight excluding hydrogens is 206 g/mol. The van der Waals surface area contributed by atoms with E-state index in [1.165, 1.54) is 6.34 Å². The largest absolute Gasteiger partial charge is 0.390 e. The second-order valence-corrected chi connectivity index (χ2v) is 3.44. The monoisotopic (exact) mass is 217 g/mol. The van der Waals surface area contributed by atoms with E-state index >= 15 is 0 Å². The molecule has 0 aliphatic rings. The smallest absolute Gasteiger partial charge is 0.0994 e. The molecule has 0 saturated heterocycles. The highest BCUT2D eigenvalue weighted by atomic mass is 32.1. The molecule has 0 radical (unpaired) electrons. The predicted molar refractivity (Wildman–Crippen MR) is 64.6 cm³/mol. The van der Waals surface area contributed by atoms with Gasteiger partial charge in [-0.25, -0.2) is 4.99 Å². The number of nitrogens with two attached hydrogens (primary N) is 1. The summed E-state index contributed by atoms with van der Waals surface area (Å²) < 4.78 is 0. The Morgan fingerprint density at radius 3 is 2.93 bits per heavy atom. The molecular formula is C11H11N3S. The van der Waals surface area contributed by atoms with E-state index in [0.29, 0.717) is 12.0 Å². The number of hydrogen-bond donors (Lipinski definition) is 2. The maximum absolute atomic E-state index is 8.86. The van der Waals surface area contributed by atoms with Crippen LogP contribution in [0.25, 0.3) is 0 Å². The highest BCUT2D eigenvalue weighted by molar-refractivity contribution is 7.84. The fourth-order valence-electron chi connectivity index (χ4n) is 1.15. The van der Waals surface area contributed by atoms with Crippen LogP contribution in [0.4, 0.5) is 0 Å². The summed E-state index contributed by atoms with van der Waals surface area (Å²) in [5, 5.41) is 8.86. The molecule has 0 bridgehead atoms. The molecule has 0 aliphatic carbocycles. The molecule has 0 spiro atoms. The van der Waals surface area contributed by atoms with E-state index in [0.717, 1.165) is 10.5 Å². The summed E-state index contributed by atoms with van der Waals surface area (Å²) in [6.07, 6.45) is 3.36. The average Bonchev–Trinajstić information content (AvgIpc) is 2.27. The third-order valence-corrected chi connectivity index (χ3v) is 2.09. The zero-order chi connectivity index (χ0) is 11.1. The zero-order valence-corrected chi connectivity index (χ0v) is 8.98. The highest BCUT2D eigenvalue weighted by Gasteiger charge is 2.01. The van der Waals surface area contributed by atoms with Crippen LogP contribution in [0.5, 0.6) is 0 Å². The van der Waals surface area contributed by atoms with Crippen LogP contribution in [-0.4, -0.2) is 6.34 Å². The van der Waals surface area contributed by atoms with Crippen LogP contribution in [0.1, 0.15) is 11.1 Å². The third-order valence-electron chi connectivity index (χ3n) is 1.82. The maximum atomic E-state index is 8.86. The van der Waals surface area contributed by atoms with Gasteiger partial charge in [0.15, 0.2) is 0 Å². The second-order valence-electron chi connectivity index (χ2n) is 2.86. The normalized spacial score (nSPS) is 11.6. The Bertz CT molecular complexity index is 430. The number of benzene rings is 1. The van der Waals surface area contributed by atoms with Crippen LogP contribution in [0.15, 0.2) is 40.4 Å². The molecule has 0 heterocycles. The van der Waals surface area contributed by atoms with E-state index in [4.69, 9.17) is 11.0 Å². The Kier molecular flexibility index (Phi) is 4.45. The standard InChI is InChI=1S/C11H11N3S/c12-6-10-4-2-1-3-9(10)5-11(15)7-14-8-13/h1-4,7-8,15H,5H2,(H2,13,14)/b11-7-. The minimum atomic E-state index is 0.587. The number of allylic oxidation sites excluding steroid dienone is 1. The first-order chi connectivity index (χ1) is 7.27. The van der Waals surface area contributed by atoms with Gasteiger partial charge in [0.2, 0.25) is 0 Å². The summed E-state index contributed by atoms with van der Waals surface area (Å²) in [7, 11) is 0. The second kappa shape index (κ2) is 5.89. The first kappa shape index (κ1) is 11.3. The molecule has 1 aromatic carbocycles. The molecule has 15 heavy (non-hydrogen) atoms. The topological polar surface area (TPSA) is 62.2 Å². The number of thiol groups is 1. The summed E-state index contributed by atoms with van der Waals surface area (Å²) in [6, 6.07) is 9.54. The molecule has 1 rings (SSSR count). The molecule has 0 aliphatic heterocycles. The van der Waals surface area contributed by atoms with Gasteiger partial charge in [-0.2, -0.15) is 5.26 Å². The lowest BCUT2D eigenvalue weighted by atomic mass is 10.1. The van der Waals surface area contributed by atoms with Gasteiger partial charge in [-0.3, -0.25) is 0 Å². The molecule has 0 aromatic heterocycles. The van der Waals surface area contributed by atoms with Crippen molar-refractivity contribution < 1.29 is 0 Å². The van der Waals surface area contributed by atoms with Crippen LogP contribution in [0.2, 0.25) is 0 Å². The molecule has 2 N–H and O–H groups in total. The van der Waals surface area contributed by atoms with Crippen molar-refractivity contribution in [2.45, 2.75) is 6.42 Å². The molecule has 3 nitrogen and oxygen atoms in total. The van der Waals surface area contributed by atoms with E-state index < -0.39 is 0 Å². The van der Waals surface area contributed by atoms with Crippen LogP contribution in [0, 0.1) is 11.3 Å². The SMILES string of the molecule is N#Cc1ccccc1C/C(S)=C/N=CN. The Hall–Kier alpha value is -1.73. The molecule has 76 valence electrons. The summed E-state index contributed by atoms with van der Waals surface area (Å²) in [5.41, 5.74) is 6.70. The highest BCUT2D eigenvalue weighted by Crippen LogP contribution is 2.15. The quantitative estimate of drug-likeness (QED) is 0.461. The van der Waals surface area contributed by atoms with Crippen molar-refractivity contribution in [2.24, 2.45) is 10.7 Å². The minimum absolute atomic E-state index is 0.587. The van der Waals surface area contributed by atoms with Gasteiger partial charge in [0.25, 0.3) is 0 Å². The Labute approximate surface area is 94.3 Å². The molecule has 0 atom stereocenters. The lowest BCUT2D eigenvalue weighted by Crippen LogP contribution is -1.90. The van der Waals surface area contributed by atoms with Crippen LogP contribution < -0.4 is 5.73 Å². The minimum Gasteiger partial charge on any atom is -0.390 e. The number of rotatable bonds is 3. The van der Waals surface area contributed by atoms with Gasteiger partial charge >= 0.3 is 0 Å². The van der Waals surface area contributed by atoms with Gasteiger partial charge in [-0.1, -0.05) is 18.2 Å².